The molecule has 4 heteroatoms. The Morgan fingerprint density at radius 3 is 2.42 bits per heavy atom. The van der Waals surface area contributed by atoms with Gasteiger partial charge in [-0.1, -0.05) is 42.5 Å². The summed E-state index contributed by atoms with van der Waals surface area (Å²) in [5.41, 5.74) is 3.52. The Hall–Kier alpha value is -2.17. The van der Waals surface area contributed by atoms with E-state index in [-0.39, 0.29) is 18.1 Å². The number of carbonyl (C=O) groups is 1. The summed E-state index contributed by atoms with van der Waals surface area (Å²) < 4.78 is 6.07. The third-order valence-corrected chi connectivity index (χ3v) is 5.74. The quantitative estimate of drug-likeness (QED) is 0.851. The van der Waals surface area contributed by atoms with Gasteiger partial charge in [0.25, 0.3) is 5.91 Å². The van der Waals surface area contributed by atoms with Crippen LogP contribution in [-0.2, 0) is 16.1 Å². The lowest BCUT2D eigenvalue weighted by molar-refractivity contribution is -0.144. The zero-order chi connectivity index (χ0) is 18.0. The zero-order valence-corrected chi connectivity index (χ0v) is 15.4. The molecule has 4 nitrogen and oxygen atoms in total. The van der Waals surface area contributed by atoms with Gasteiger partial charge in [-0.15, -0.1) is 0 Å². The third-order valence-electron chi connectivity index (χ3n) is 5.74. The van der Waals surface area contributed by atoms with Crippen LogP contribution < -0.4 is 4.90 Å². The molecule has 2 aromatic carbocycles. The van der Waals surface area contributed by atoms with Crippen molar-refractivity contribution in [3.05, 3.63) is 65.7 Å². The summed E-state index contributed by atoms with van der Waals surface area (Å²) in [7, 11) is 0. The average Bonchev–Trinajstić information content (AvgIpc) is 2.68. The van der Waals surface area contributed by atoms with Crippen LogP contribution in [0.2, 0.25) is 0 Å². The second kappa shape index (κ2) is 7.22. The molecule has 2 saturated heterocycles. The van der Waals surface area contributed by atoms with Gasteiger partial charge < -0.3 is 9.64 Å². The van der Waals surface area contributed by atoms with Gasteiger partial charge in [-0.25, -0.2) is 0 Å². The molecule has 0 bridgehead atoms. The maximum absolute atomic E-state index is 12.4. The van der Waals surface area contributed by atoms with Crippen molar-refractivity contribution in [2.24, 2.45) is 0 Å². The molecule has 2 aliphatic rings. The minimum absolute atomic E-state index is 0.0594. The molecule has 4 rings (SSSR count). The maximum atomic E-state index is 12.4. The summed E-state index contributed by atoms with van der Waals surface area (Å²) in [5, 5.41) is 0. The Balaban J connectivity index is 1.41. The van der Waals surface area contributed by atoms with Crippen LogP contribution in [0.1, 0.15) is 24.0 Å². The van der Waals surface area contributed by atoms with E-state index in [2.05, 4.69) is 36.1 Å². The predicted octanol–water partition coefficient (Wildman–Crippen LogP) is 3.39. The Morgan fingerprint density at radius 2 is 1.69 bits per heavy atom. The van der Waals surface area contributed by atoms with Crippen LogP contribution >= 0.6 is 0 Å². The maximum Gasteiger partial charge on any atom is 0.253 e. The van der Waals surface area contributed by atoms with Gasteiger partial charge in [0, 0.05) is 25.3 Å². The Morgan fingerprint density at radius 1 is 1.00 bits per heavy atom. The van der Waals surface area contributed by atoms with Crippen molar-refractivity contribution in [1.82, 2.24) is 4.90 Å². The first-order valence-electron chi connectivity index (χ1n) is 9.41. The van der Waals surface area contributed by atoms with Crippen molar-refractivity contribution in [2.45, 2.75) is 31.9 Å². The van der Waals surface area contributed by atoms with Crippen molar-refractivity contribution in [3.8, 4) is 0 Å². The highest BCUT2D eigenvalue weighted by molar-refractivity contribution is 5.95. The third kappa shape index (κ3) is 3.53. The summed E-state index contributed by atoms with van der Waals surface area (Å²) in [5.74, 6) is 0.0594. The number of carbonyl (C=O) groups excluding carboxylic acids is 1. The van der Waals surface area contributed by atoms with Gasteiger partial charge in [-0.05, 0) is 43.0 Å². The minimum Gasteiger partial charge on any atom is -0.363 e. The molecule has 0 radical (unpaired) electrons. The molecule has 0 saturated carbocycles. The van der Waals surface area contributed by atoms with E-state index >= 15 is 0 Å². The molecule has 1 spiro atoms. The van der Waals surface area contributed by atoms with Gasteiger partial charge in [0.05, 0.1) is 12.1 Å². The SMILES string of the molecule is Cc1ccccc1CN1CCC2(CC1)CN(c1ccccc1)C(=O)CO2. The molecule has 1 amide bonds. The Bertz CT molecular complexity index is 767. The number of nitrogens with zero attached hydrogens (tertiary/aromatic N) is 2. The molecule has 2 fully saturated rings. The predicted molar refractivity (Wildman–Crippen MR) is 103 cm³/mol. The number of hydrogen-bond acceptors (Lipinski definition) is 3. The van der Waals surface area contributed by atoms with E-state index in [4.69, 9.17) is 4.74 Å². The van der Waals surface area contributed by atoms with Gasteiger partial charge in [-0.2, -0.15) is 0 Å². The molecule has 0 unspecified atom stereocenters. The average molecular weight is 350 g/mol. The van der Waals surface area contributed by atoms with E-state index in [1.165, 1.54) is 11.1 Å². The highest BCUT2D eigenvalue weighted by atomic mass is 16.5. The first kappa shape index (κ1) is 17.3. The Labute approximate surface area is 155 Å². The number of amides is 1. The summed E-state index contributed by atoms with van der Waals surface area (Å²) >= 11 is 0. The highest BCUT2D eigenvalue weighted by Crippen LogP contribution is 2.33. The number of aryl methyl sites for hydroxylation is 1. The standard InChI is InChI=1S/C22H26N2O2/c1-18-7-5-6-8-19(18)15-23-13-11-22(12-14-23)17-24(21(25)16-26-22)20-9-3-2-4-10-20/h2-10H,11-17H2,1H3. The van der Waals surface area contributed by atoms with Crippen LogP contribution in [0, 0.1) is 6.92 Å². The molecular formula is C22H26N2O2. The number of para-hydroxylation sites is 1. The number of anilines is 1. The van der Waals surface area contributed by atoms with Crippen molar-refractivity contribution >= 4 is 11.6 Å². The van der Waals surface area contributed by atoms with Gasteiger partial charge in [-0.3, -0.25) is 9.69 Å². The van der Waals surface area contributed by atoms with Crippen molar-refractivity contribution in [3.63, 3.8) is 0 Å². The first-order valence-corrected chi connectivity index (χ1v) is 9.41. The zero-order valence-electron chi connectivity index (χ0n) is 15.4. The molecule has 2 heterocycles. The summed E-state index contributed by atoms with van der Waals surface area (Å²) in [6.45, 7) is 6.02. The lowest BCUT2D eigenvalue weighted by Crippen LogP contribution is -2.58. The van der Waals surface area contributed by atoms with Crippen LogP contribution in [-0.4, -0.2) is 42.6 Å². The van der Waals surface area contributed by atoms with Gasteiger partial charge in [0.2, 0.25) is 0 Å². The largest absolute Gasteiger partial charge is 0.363 e. The van der Waals surface area contributed by atoms with Crippen LogP contribution in [0.15, 0.2) is 54.6 Å². The summed E-state index contributed by atoms with van der Waals surface area (Å²) in [6, 6.07) is 18.5. The summed E-state index contributed by atoms with van der Waals surface area (Å²) in [4.78, 5) is 16.8. The molecule has 136 valence electrons. The molecule has 2 aliphatic heterocycles. The lowest BCUT2D eigenvalue weighted by Gasteiger charge is -2.47. The highest BCUT2D eigenvalue weighted by Gasteiger charge is 2.42. The van der Waals surface area contributed by atoms with E-state index in [1.54, 1.807) is 0 Å². The number of likely N-dealkylation sites (tertiary alicyclic amines) is 1. The van der Waals surface area contributed by atoms with E-state index < -0.39 is 0 Å². The van der Waals surface area contributed by atoms with Gasteiger partial charge in [0.15, 0.2) is 0 Å². The minimum atomic E-state index is -0.202. The summed E-state index contributed by atoms with van der Waals surface area (Å²) in [6.07, 6.45) is 1.94. The van der Waals surface area contributed by atoms with Crippen molar-refractivity contribution < 1.29 is 9.53 Å². The number of benzene rings is 2. The first-order chi connectivity index (χ1) is 12.7. The fourth-order valence-corrected chi connectivity index (χ4v) is 4.01. The fraction of sp³-hybridized carbons (Fsp3) is 0.409. The van der Waals surface area contributed by atoms with Crippen LogP contribution in [0.3, 0.4) is 0 Å². The van der Waals surface area contributed by atoms with Gasteiger partial charge >= 0.3 is 0 Å². The number of ether oxygens (including phenoxy) is 1. The van der Waals surface area contributed by atoms with E-state index in [0.29, 0.717) is 6.54 Å². The molecular weight excluding hydrogens is 324 g/mol. The Kier molecular flexibility index (Phi) is 4.79. The number of hydrogen-bond donors (Lipinski definition) is 0. The van der Waals surface area contributed by atoms with E-state index in [1.807, 2.05) is 35.2 Å². The second-order valence-electron chi connectivity index (χ2n) is 7.49. The molecule has 26 heavy (non-hydrogen) atoms. The lowest BCUT2D eigenvalue weighted by atomic mass is 9.88. The topological polar surface area (TPSA) is 32.8 Å². The number of rotatable bonds is 3. The van der Waals surface area contributed by atoms with Crippen molar-refractivity contribution in [1.29, 1.82) is 0 Å². The van der Waals surface area contributed by atoms with E-state index in [9.17, 15) is 4.79 Å². The smallest absolute Gasteiger partial charge is 0.253 e. The molecule has 0 N–H and O–H groups in total. The van der Waals surface area contributed by atoms with Crippen molar-refractivity contribution in [2.75, 3.05) is 31.1 Å². The number of piperidine rings is 1. The molecule has 0 aromatic heterocycles. The van der Waals surface area contributed by atoms with Crippen LogP contribution in [0.5, 0.6) is 0 Å². The monoisotopic (exact) mass is 350 g/mol. The number of morpholine rings is 1. The molecule has 0 atom stereocenters. The van der Waals surface area contributed by atoms with E-state index in [0.717, 1.165) is 38.2 Å². The fourth-order valence-electron chi connectivity index (χ4n) is 4.01. The van der Waals surface area contributed by atoms with Gasteiger partial charge in [0.1, 0.15) is 6.61 Å². The molecule has 2 aromatic rings. The van der Waals surface area contributed by atoms with Crippen LogP contribution in [0.25, 0.3) is 0 Å². The normalized spacial score (nSPS) is 20.5. The molecule has 0 aliphatic carbocycles. The second-order valence-corrected chi connectivity index (χ2v) is 7.49. The van der Waals surface area contributed by atoms with Crippen LogP contribution in [0.4, 0.5) is 5.69 Å².